The Morgan fingerprint density at radius 1 is 1.11 bits per heavy atom. The summed E-state index contributed by atoms with van der Waals surface area (Å²) in [6, 6.07) is 10.1. The van der Waals surface area contributed by atoms with E-state index >= 15 is 0 Å². The second-order valence-corrected chi connectivity index (χ2v) is 5.01. The van der Waals surface area contributed by atoms with Crippen LogP contribution in [0.5, 0.6) is 0 Å². The van der Waals surface area contributed by atoms with Gasteiger partial charge in [-0.1, -0.05) is 56.5 Å². The van der Waals surface area contributed by atoms with E-state index in [1.165, 1.54) is 19.3 Å². The van der Waals surface area contributed by atoms with Crippen molar-refractivity contribution in [1.29, 1.82) is 0 Å². The molecule has 3 nitrogen and oxygen atoms in total. The smallest absolute Gasteiger partial charge is 0.310 e. The summed E-state index contributed by atoms with van der Waals surface area (Å²) in [7, 11) is 0. The van der Waals surface area contributed by atoms with Crippen LogP contribution in [0, 0.1) is 0 Å². The van der Waals surface area contributed by atoms with Crippen LogP contribution in [0.3, 0.4) is 0 Å². The molecule has 1 aromatic carbocycles. The molecule has 0 aliphatic heterocycles. The SMILES string of the molecule is CCCCCCc1cn(Cc2ccccc2)c(=O)[nH]1. The Labute approximate surface area is 114 Å². The summed E-state index contributed by atoms with van der Waals surface area (Å²) < 4.78 is 1.75. The van der Waals surface area contributed by atoms with Crippen molar-refractivity contribution in [2.75, 3.05) is 0 Å². The first kappa shape index (κ1) is 13.7. The Kier molecular flexibility index (Phi) is 5.01. The minimum absolute atomic E-state index is 0.00524. The van der Waals surface area contributed by atoms with Crippen LogP contribution in [0.15, 0.2) is 41.3 Å². The molecule has 0 aliphatic carbocycles. The van der Waals surface area contributed by atoms with Gasteiger partial charge >= 0.3 is 5.69 Å². The van der Waals surface area contributed by atoms with Gasteiger partial charge in [-0.15, -0.1) is 0 Å². The van der Waals surface area contributed by atoms with Gasteiger partial charge in [0.25, 0.3) is 0 Å². The number of aromatic nitrogens is 2. The third-order valence-electron chi connectivity index (χ3n) is 3.34. The number of H-pyrrole nitrogens is 1. The number of aromatic amines is 1. The van der Waals surface area contributed by atoms with E-state index in [1.807, 2.05) is 36.5 Å². The maximum atomic E-state index is 11.8. The molecule has 0 atom stereocenters. The number of unbranched alkanes of at least 4 members (excludes halogenated alkanes) is 3. The van der Waals surface area contributed by atoms with Crippen LogP contribution >= 0.6 is 0 Å². The molecule has 0 fully saturated rings. The molecule has 102 valence electrons. The van der Waals surface area contributed by atoms with Crippen molar-refractivity contribution >= 4 is 0 Å². The Hall–Kier alpha value is -1.77. The second kappa shape index (κ2) is 6.98. The van der Waals surface area contributed by atoms with Crippen LogP contribution in [-0.2, 0) is 13.0 Å². The van der Waals surface area contributed by atoms with Crippen LogP contribution in [0.2, 0.25) is 0 Å². The van der Waals surface area contributed by atoms with E-state index in [2.05, 4.69) is 11.9 Å². The summed E-state index contributed by atoms with van der Waals surface area (Å²) in [4.78, 5) is 14.8. The van der Waals surface area contributed by atoms with E-state index in [1.54, 1.807) is 4.57 Å². The van der Waals surface area contributed by atoms with E-state index in [4.69, 9.17) is 0 Å². The quantitative estimate of drug-likeness (QED) is 0.760. The highest BCUT2D eigenvalue weighted by atomic mass is 16.1. The van der Waals surface area contributed by atoms with Gasteiger partial charge in [-0.2, -0.15) is 0 Å². The largest absolute Gasteiger partial charge is 0.326 e. The first-order valence-corrected chi connectivity index (χ1v) is 7.12. The van der Waals surface area contributed by atoms with Crippen molar-refractivity contribution in [2.24, 2.45) is 0 Å². The molecule has 2 rings (SSSR count). The lowest BCUT2D eigenvalue weighted by molar-refractivity contribution is 0.661. The summed E-state index contributed by atoms with van der Waals surface area (Å²) in [5, 5.41) is 0. The van der Waals surface area contributed by atoms with E-state index in [-0.39, 0.29) is 5.69 Å². The van der Waals surface area contributed by atoms with Gasteiger partial charge in [0.15, 0.2) is 0 Å². The zero-order valence-electron chi connectivity index (χ0n) is 11.6. The van der Waals surface area contributed by atoms with Gasteiger partial charge in [0.2, 0.25) is 0 Å². The first-order chi connectivity index (χ1) is 9.29. The molecule has 1 aromatic heterocycles. The van der Waals surface area contributed by atoms with E-state index in [9.17, 15) is 4.79 Å². The summed E-state index contributed by atoms with van der Waals surface area (Å²) in [5.41, 5.74) is 2.20. The second-order valence-electron chi connectivity index (χ2n) is 5.01. The average Bonchev–Trinajstić information content (AvgIpc) is 2.77. The summed E-state index contributed by atoms with van der Waals surface area (Å²) in [6.07, 6.45) is 7.83. The molecule has 0 bridgehead atoms. The van der Waals surface area contributed by atoms with Crippen LogP contribution < -0.4 is 5.69 Å². The zero-order chi connectivity index (χ0) is 13.5. The van der Waals surface area contributed by atoms with Gasteiger partial charge in [-0.05, 0) is 18.4 Å². The van der Waals surface area contributed by atoms with Gasteiger partial charge in [0, 0.05) is 11.9 Å². The molecule has 3 heteroatoms. The van der Waals surface area contributed by atoms with Crippen LogP contribution in [0.1, 0.15) is 43.9 Å². The molecular weight excluding hydrogens is 236 g/mol. The fourth-order valence-electron chi connectivity index (χ4n) is 2.26. The lowest BCUT2D eigenvalue weighted by atomic mass is 10.1. The van der Waals surface area contributed by atoms with Crippen LogP contribution in [0.25, 0.3) is 0 Å². The number of nitrogens with zero attached hydrogens (tertiary/aromatic N) is 1. The molecule has 0 saturated carbocycles. The number of hydrogen-bond donors (Lipinski definition) is 1. The van der Waals surface area contributed by atoms with Crippen LogP contribution in [-0.4, -0.2) is 9.55 Å². The van der Waals surface area contributed by atoms with Gasteiger partial charge in [0.1, 0.15) is 0 Å². The number of aryl methyl sites for hydroxylation is 1. The fourth-order valence-corrected chi connectivity index (χ4v) is 2.26. The van der Waals surface area contributed by atoms with Crippen molar-refractivity contribution in [3.8, 4) is 0 Å². The first-order valence-electron chi connectivity index (χ1n) is 7.12. The number of benzene rings is 1. The van der Waals surface area contributed by atoms with E-state index in [0.717, 1.165) is 24.1 Å². The van der Waals surface area contributed by atoms with Crippen molar-refractivity contribution in [2.45, 2.75) is 45.6 Å². The van der Waals surface area contributed by atoms with Gasteiger partial charge in [-0.3, -0.25) is 4.57 Å². The standard InChI is InChI=1S/C16H22N2O/c1-2-3-4-8-11-15-13-18(16(19)17-15)12-14-9-6-5-7-10-14/h5-7,9-10,13H,2-4,8,11-12H2,1H3,(H,17,19). The van der Waals surface area contributed by atoms with Gasteiger partial charge in [0.05, 0.1) is 6.54 Å². The molecule has 0 amide bonds. The Balaban J connectivity index is 1.95. The highest BCUT2D eigenvalue weighted by molar-refractivity contribution is 5.15. The minimum Gasteiger partial charge on any atom is -0.310 e. The molecule has 0 radical (unpaired) electrons. The molecule has 0 saturated heterocycles. The molecule has 19 heavy (non-hydrogen) atoms. The topological polar surface area (TPSA) is 37.8 Å². The Bertz CT molecular complexity index is 539. The highest BCUT2D eigenvalue weighted by Crippen LogP contribution is 2.06. The van der Waals surface area contributed by atoms with Crippen molar-refractivity contribution in [1.82, 2.24) is 9.55 Å². The highest BCUT2D eigenvalue weighted by Gasteiger charge is 2.03. The summed E-state index contributed by atoms with van der Waals surface area (Å²) in [6.45, 7) is 2.85. The van der Waals surface area contributed by atoms with E-state index < -0.39 is 0 Å². The molecule has 2 aromatic rings. The number of hydrogen-bond acceptors (Lipinski definition) is 1. The minimum atomic E-state index is -0.00524. The molecule has 1 N–H and O–H groups in total. The molecule has 0 aliphatic rings. The van der Waals surface area contributed by atoms with Crippen molar-refractivity contribution < 1.29 is 0 Å². The van der Waals surface area contributed by atoms with Crippen molar-refractivity contribution in [3.63, 3.8) is 0 Å². The maximum Gasteiger partial charge on any atom is 0.326 e. The predicted molar refractivity (Wildman–Crippen MR) is 78.4 cm³/mol. The maximum absolute atomic E-state index is 11.8. The normalized spacial score (nSPS) is 10.8. The lowest BCUT2D eigenvalue weighted by Crippen LogP contribution is -2.16. The molecule has 1 heterocycles. The Morgan fingerprint density at radius 2 is 1.89 bits per heavy atom. The number of imidazole rings is 1. The van der Waals surface area contributed by atoms with E-state index in [0.29, 0.717) is 6.54 Å². The van der Waals surface area contributed by atoms with Gasteiger partial charge < -0.3 is 4.98 Å². The summed E-state index contributed by atoms with van der Waals surface area (Å²) >= 11 is 0. The molecular formula is C16H22N2O. The summed E-state index contributed by atoms with van der Waals surface area (Å²) in [5.74, 6) is 0. The predicted octanol–water partition coefficient (Wildman–Crippen LogP) is 3.35. The third kappa shape index (κ3) is 4.12. The average molecular weight is 258 g/mol. The number of rotatable bonds is 7. The van der Waals surface area contributed by atoms with Crippen molar-refractivity contribution in [3.05, 3.63) is 58.3 Å². The number of nitrogens with one attached hydrogen (secondary N) is 1. The third-order valence-corrected chi connectivity index (χ3v) is 3.34. The Morgan fingerprint density at radius 3 is 2.63 bits per heavy atom. The van der Waals surface area contributed by atoms with Gasteiger partial charge in [-0.25, -0.2) is 4.79 Å². The molecule has 0 unspecified atom stereocenters. The zero-order valence-corrected chi connectivity index (χ0v) is 11.6. The monoisotopic (exact) mass is 258 g/mol. The lowest BCUT2D eigenvalue weighted by Gasteiger charge is -2.00. The fraction of sp³-hybridized carbons (Fsp3) is 0.438. The van der Waals surface area contributed by atoms with Crippen LogP contribution in [0.4, 0.5) is 0 Å². The molecule has 0 spiro atoms.